The maximum Gasteiger partial charge on any atom is 0.411 e. The Labute approximate surface area is 260 Å². The number of carbonyl (C=O) groups is 7. The van der Waals surface area contributed by atoms with Gasteiger partial charge in [-0.15, -0.1) is 0 Å². The van der Waals surface area contributed by atoms with Crippen molar-refractivity contribution in [3.05, 3.63) is 65.2 Å². The number of ether oxygens (including phenoxy) is 1. The zero-order valence-corrected chi connectivity index (χ0v) is 25.3. The summed E-state index contributed by atoms with van der Waals surface area (Å²) in [5.41, 5.74) is 0.843. The van der Waals surface area contributed by atoms with Gasteiger partial charge in [0, 0.05) is 30.4 Å². The number of rotatable bonds is 13. The Morgan fingerprint density at radius 2 is 1.84 bits per heavy atom. The first-order valence-electron chi connectivity index (χ1n) is 13.6. The van der Waals surface area contributed by atoms with Crippen molar-refractivity contribution in [3.8, 4) is 0 Å². The van der Waals surface area contributed by atoms with Crippen molar-refractivity contribution in [3.63, 3.8) is 0 Å². The van der Waals surface area contributed by atoms with Gasteiger partial charge in [0.25, 0.3) is 11.8 Å². The van der Waals surface area contributed by atoms with E-state index >= 15 is 0 Å². The van der Waals surface area contributed by atoms with Crippen LogP contribution in [0.4, 0.5) is 10.5 Å². The van der Waals surface area contributed by atoms with Gasteiger partial charge < -0.3 is 14.7 Å². The summed E-state index contributed by atoms with van der Waals surface area (Å²) in [5, 5.41) is 13.6. The summed E-state index contributed by atoms with van der Waals surface area (Å²) in [6.07, 6.45) is -0.718. The van der Waals surface area contributed by atoms with Crippen LogP contribution in [0.5, 0.6) is 0 Å². The zero-order chi connectivity index (χ0) is 31.8. The number of aliphatic carboxylic acids is 1. The van der Waals surface area contributed by atoms with Gasteiger partial charge in [-0.2, -0.15) is 0 Å². The Hall–Kier alpha value is -4.37. The summed E-state index contributed by atoms with van der Waals surface area (Å²) >= 11 is 0. The number of amides is 6. The number of nitrogens with zero attached hydrogens (tertiary/aromatic N) is 2. The minimum atomic E-state index is -1.13. The molecule has 2 aromatic carbocycles. The molecule has 2 aromatic rings. The van der Waals surface area contributed by atoms with Gasteiger partial charge in [-0.3, -0.25) is 44.3 Å². The van der Waals surface area contributed by atoms with Crippen molar-refractivity contribution in [1.82, 2.24) is 15.1 Å². The van der Waals surface area contributed by atoms with Crippen LogP contribution in [0.1, 0.15) is 52.5 Å². The number of benzene rings is 2. The molecule has 232 valence electrons. The first kappa shape index (κ1) is 32.5. The predicted molar refractivity (Wildman–Crippen MR) is 162 cm³/mol. The lowest BCUT2D eigenvalue weighted by Crippen LogP contribution is -2.54. The monoisotopic (exact) mass is 642 g/mol. The van der Waals surface area contributed by atoms with E-state index in [-0.39, 0.29) is 60.4 Å². The quantitative estimate of drug-likeness (QED) is 0.166. The summed E-state index contributed by atoms with van der Waals surface area (Å²) in [5.74, 6) is -3.62. The molecule has 0 spiro atoms. The van der Waals surface area contributed by atoms with Crippen LogP contribution in [-0.4, -0.2) is 86.7 Å². The number of imide groups is 2. The third-order valence-corrected chi connectivity index (χ3v) is 9.55. The minimum Gasteiger partial charge on any atom is -0.480 e. The Morgan fingerprint density at radius 3 is 2.55 bits per heavy atom. The fourth-order valence-electron chi connectivity index (χ4n) is 4.64. The average molecular weight is 643 g/mol. The molecular weight excluding hydrogens is 612 g/mol. The second-order valence-electron chi connectivity index (χ2n) is 10.0. The zero-order valence-electron chi connectivity index (χ0n) is 23.6. The fourth-order valence-corrected chi connectivity index (χ4v) is 6.75. The maximum atomic E-state index is 13.2. The lowest BCUT2D eigenvalue weighted by Gasteiger charge is -2.27. The molecule has 13 nitrogen and oxygen atoms in total. The van der Waals surface area contributed by atoms with E-state index in [0.29, 0.717) is 5.75 Å². The second kappa shape index (κ2) is 14.9. The molecule has 2 aliphatic rings. The normalized spacial score (nSPS) is 16.7. The van der Waals surface area contributed by atoms with Crippen LogP contribution in [0.25, 0.3) is 0 Å². The van der Waals surface area contributed by atoms with Gasteiger partial charge in [-0.25, -0.2) is 4.79 Å². The number of carbonyl (C=O) groups excluding carboxylic acids is 6. The number of piperidine rings is 1. The smallest absolute Gasteiger partial charge is 0.411 e. The number of carboxylic acid groups (broad SMARTS) is 1. The molecule has 2 atom stereocenters. The summed E-state index contributed by atoms with van der Waals surface area (Å²) in [6.45, 7) is 1.62. The topological polar surface area (TPSA) is 179 Å². The number of anilines is 1. The van der Waals surface area contributed by atoms with Crippen molar-refractivity contribution in [1.29, 1.82) is 0 Å². The van der Waals surface area contributed by atoms with Crippen molar-refractivity contribution in [2.75, 3.05) is 24.2 Å². The highest BCUT2D eigenvalue weighted by Gasteiger charge is 2.45. The highest BCUT2D eigenvalue weighted by Crippen LogP contribution is 2.33. The Bertz CT molecular complexity index is 1470. The Balaban J connectivity index is 1.23. The van der Waals surface area contributed by atoms with Gasteiger partial charge in [0.05, 0.1) is 16.8 Å². The van der Waals surface area contributed by atoms with Crippen LogP contribution >= 0.6 is 21.6 Å². The van der Waals surface area contributed by atoms with Gasteiger partial charge >= 0.3 is 12.1 Å². The maximum absolute atomic E-state index is 13.2. The van der Waals surface area contributed by atoms with Crippen LogP contribution in [0.3, 0.4) is 0 Å². The summed E-state index contributed by atoms with van der Waals surface area (Å²) in [4.78, 5) is 88.5. The SMILES string of the molecule is C[C@H](COC(=O)Nc1cccc2c1C(=O)N(C1CCC(=O)NC1=O)C2=O)SSCCC(=O)N(CC(=O)O)Cc1ccccc1. The molecule has 3 N–H and O–H groups in total. The van der Waals surface area contributed by atoms with Crippen molar-refractivity contribution in [2.45, 2.75) is 44.0 Å². The molecule has 0 saturated carbocycles. The number of hydrogen-bond acceptors (Lipinski definition) is 10. The van der Waals surface area contributed by atoms with Crippen LogP contribution in [0, 0.1) is 0 Å². The van der Waals surface area contributed by atoms with Gasteiger partial charge in [-0.05, 0) is 31.0 Å². The highest BCUT2D eigenvalue weighted by molar-refractivity contribution is 8.76. The van der Waals surface area contributed by atoms with E-state index in [0.717, 1.165) is 10.5 Å². The van der Waals surface area contributed by atoms with Crippen LogP contribution in [-0.2, 0) is 30.5 Å². The van der Waals surface area contributed by atoms with Crippen LogP contribution in [0.2, 0.25) is 0 Å². The fraction of sp³-hybridized carbons (Fsp3) is 0.345. The molecule has 44 heavy (non-hydrogen) atoms. The third kappa shape index (κ3) is 8.17. The van der Waals surface area contributed by atoms with Crippen LogP contribution < -0.4 is 10.6 Å². The molecule has 6 amide bonds. The van der Waals surface area contributed by atoms with Crippen LogP contribution in [0.15, 0.2) is 48.5 Å². The van der Waals surface area contributed by atoms with E-state index in [9.17, 15) is 38.7 Å². The largest absolute Gasteiger partial charge is 0.480 e. The molecule has 0 radical (unpaired) electrons. The summed E-state index contributed by atoms with van der Waals surface area (Å²) < 4.78 is 5.29. The number of fused-ring (bicyclic) bond motifs is 1. The van der Waals surface area contributed by atoms with Crippen molar-refractivity contribution >= 4 is 68.9 Å². The lowest BCUT2D eigenvalue weighted by atomic mass is 10.0. The predicted octanol–water partition coefficient (Wildman–Crippen LogP) is 2.91. The molecule has 4 rings (SSSR count). The van der Waals surface area contributed by atoms with E-state index in [1.807, 2.05) is 37.3 Å². The number of nitrogens with one attached hydrogen (secondary N) is 2. The molecule has 1 saturated heterocycles. The van der Waals surface area contributed by atoms with Gasteiger partial charge in [0.2, 0.25) is 17.7 Å². The lowest BCUT2D eigenvalue weighted by molar-refractivity contribution is -0.144. The highest BCUT2D eigenvalue weighted by atomic mass is 33.1. The first-order valence-corrected chi connectivity index (χ1v) is 16.0. The van der Waals surface area contributed by atoms with E-state index in [4.69, 9.17) is 4.74 Å². The summed E-state index contributed by atoms with van der Waals surface area (Å²) in [7, 11) is 2.78. The molecule has 0 bridgehead atoms. The van der Waals surface area contributed by atoms with E-state index < -0.39 is 48.3 Å². The Kier molecular flexibility index (Phi) is 11.0. The van der Waals surface area contributed by atoms with E-state index in [2.05, 4.69) is 10.6 Å². The van der Waals surface area contributed by atoms with Gasteiger partial charge in [0.15, 0.2) is 0 Å². The van der Waals surface area contributed by atoms with E-state index in [1.165, 1.54) is 44.7 Å². The standard InChI is InChI=1S/C29H30N4O9S2/c1-17(44-43-13-12-23(35)32(15-24(36)37)14-18-6-3-2-4-7-18)16-42-29(41)30-20-9-5-8-19-25(20)28(40)33(27(19)39)21-10-11-22(34)31-26(21)38/h2-9,17,21H,10-16H2,1H3,(H,30,41)(H,36,37)(H,31,34,38)/t17-,21?/m1/s1. The average Bonchev–Trinajstić information content (AvgIpc) is 3.24. The molecule has 1 fully saturated rings. The van der Waals surface area contributed by atoms with Crippen molar-refractivity contribution < 1.29 is 43.4 Å². The molecule has 0 aromatic heterocycles. The second-order valence-corrected chi connectivity index (χ2v) is 12.9. The van der Waals surface area contributed by atoms with Gasteiger partial charge in [0.1, 0.15) is 19.2 Å². The Morgan fingerprint density at radius 1 is 1.09 bits per heavy atom. The molecule has 2 heterocycles. The third-order valence-electron chi connectivity index (χ3n) is 6.68. The minimum absolute atomic E-state index is 0.000886. The van der Waals surface area contributed by atoms with E-state index in [1.54, 1.807) is 0 Å². The number of carboxylic acids is 1. The molecule has 1 unspecified atom stereocenters. The van der Waals surface area contributed by atoms with Crippen molar-refractivity contribution in [2.24, 2.45) is 0 Å². The first-order chi connectivity index (χ1) is 21.0. The molecular formula is C29H30N4O9S2. The van der Waals surface area contributed by atoms with Gasteiger partial charge in [-0.1, -0.05) is 58.0 Å². The molecule has 15 heteroatoms. The molecule has 0 aliphatic carbocycles. The number of hydrogen-bond donors (Lipinski definition) is 3. The molecule has 2 aliphatic heterocycles. The summed E-state index contributed by atoms with van der Waals surface area (Å²) in [6, 6.07) is 12.3.